The molecule has 0 aromatic heterocycles. The van der Waals surface area contributed by atoms with Crippen LogP contribution in [0.2, 0.25) is 0 Å². The number of ether oxygens (including phenoxy) is 2. The van der Waals surface area contributed by atoms with Crippen LogP contribution in [0.25, 0.3) is 0 Å². The van der Waals surface area contributed by atoms with Gasteiger partial charge in [0.1, 0.15) is 6.10 Å². The van der Waals surface area contributed by atoms with E-state index < -0.39 is 12.4 Å². The first-order valence-corrected chi connectivity index (χ1v) is 5.73. The quantitative estimate of drug-likeness (QED) is 0.850. The largest absolute Gasteiger partial charge is 0.388 e. The summed E-state index contributed by atoms with van der Waals surface area (Å²) in [6, 6.07) is 8.08. The molecule has 1 aromatic carbocycles. The van der Waals surface area contributed by atoms with Gasteiger partial charge in [-0.3, -0.25) is 0 Å². The molecule has 2 rings (SSSR count). The Morgan fingerprint density at radius 3 is 3.00 bits per heavy atom. The fourth-order valence-corrected chi connectivity index (χ4v) is 1.84. The lowest BCUT2D eigenvalue weighted by atomic mass is 10.1. The van der Waals surface area contributed by atoms with E-state index in [4.69, 9.17) is 9.47 Å². The highest BCUT2D eigenvalue weighted by Gasteiger charge is 2.24. The van der Waals surface area contributed by atoms with Crippen LogP contribution in [0.3, 0.4) is 0 Å². The minimum Gasteiger partial charge on any atom is -0.388 e. The van der Waals surface area contributed by atoms with Crippen molar-refractivity contribution in [3.05, 3.63) is 35.4 Å². The van der Waals surface area contributed by atoms with Crippen LogP contribution in [0.5, 0.6) is 0 Å². The van der Waals surface area contributed by atoms with Crippen LogP contribution in [0, 0.1) is 6.92 Å². The van der Waals surface area contributed by atoms with Gasteiger partial charge in [0, 0.05) is 6.61 Å². The second-order valence-electron chi connectivity index (χ2n) is 4.19. The van der Waals surface area contributed by atoms with E-state index in [1.807, 2.05) is 18.2 Å². The molecule has 1 aliphatic rings. The molecule has 1 aliphatic heterocycles. The number of aliphatic hydroxyl groups is 1. The highest BCUT2D eigenvalue weighted by atomic mass is 16.7. The number of hydrogen-bond donors (Lipinski definition) is 1. The maximum atomic E-state index is 9.67. The van der Waals surface area contributed by atoms with Gasteiger partial charge in [0.2, 0.25) is 0 Å². The lowest BCUT2D eigenvalue weighted by Crippen LogP contribution is -2.36. The normalized spacial score (nSPS) is 25.6. The summed E-state index contributed by atoms with van der Waals surface area (Å²) >= 11 is 0. The summed E-state index contributed by atoms with van der Waals surface area (Å²) in [5.41, 5.74) is 2.34. The number of hydrogen-bond acceptors (Lipinski definition) is 3. The molecule has 3 heteroatoms. The minimum atomic E-state index is -0.488. The molecule has 0 radical (unpaired) electrons. The number of rotatable bonds is 3. The molecule has 2 unspecified atom stereocenters. The Bertz CT molecular complexity index is 338. The van der Waals surface area contributed by atoms with Crippen LogP contribution in [-0.4, -0.2) is 24.1 Å². The van der Waals surface area contributed by atoms with Crippen molar-refractivity contribution in [3.8, 4) is 0 Å². The monoisotopic (exact) mass is 222 g/mol. The van der Waals surface area contributed by atoms with Gasteiger partial charge < -0.3 is 14.6 Å². The Balaban J connectivity index is 1.89. The van der Waals surface area contributed by atoms with E-state index in [1.165, 1.54) is 5.56 Å². The molecular weight excluding hydrogens is 204 g/mol. The van der Waals surface area contributed by atoms with E-state index in [1.54, 1.807) is 0 Å². The molecule has 3 nitrogen and oxygen atoms in total. The second-order valence-corrected chi connectivity index (χ2v) is 4.19. The van der Waals surface area contributed by atoms with Crippen LogP contribution in [0.15, 0.2) is 24.3 Å². The fraction of sp³-hybridized carbons (Fsp3) is 0.538. The van der Waals surface area contributed by atoms with Gasteiger partial charge in [0.15, 0.2) is 6.29 Å². The smallest absolute Gasteiger partial charge is 0.183 e. The van der Waals surface area contributed by atoms with Crippen LogP contribution in [-0.2, 0) is 16.1 Å². The Morgan fingerprint density at radius 2 is 2.25 bits per heavy atom. The molecule has 0 spiro atoms. The zero-order valence-electron chi connectivity index (χ0n) is 9.56. The summed E-state index contributed by atoms with van der Waals surface area (Å²) in [5, 5.41) is 9.67. The van der Waals surface area contributed by atoms with Crippen molar-refractivity contribution < 1.29 is 14.6 Å². The molecule has 1 saturated heterocycles. The zero-order valence-corrected chi connectivity index (χ0v) is 9.56. The standard InChI is InChI=1S/C13H18O3/c1-10-5-2-3-6-11(10)9-16-13-12(14)7-4-8-15-13/h2-3,5-6,12-14H,4,7-9H2,1H3. The van der Waals surface area contributed by atoms with Crippen molar-refractivity contribution in [1.82, 2.24) is 0 Å². The molecule has 88 valence electrons. The molecule has 1 heterocycles. The Kier molecular flexibility index (Phi) is 3.93. The van der Waals surface area contributed by atoms with Crippen molar-refractivity contribution in [2.75, 3.05) is 6.61 Å². The first-order valence-electron chi connectivity index (χ1n) is 5.73. The van der Waals surface area contributed by atoms with E-state index in [2.05, 4.69) is 13.0 Å². The average molecular weight is 222 g/mol. The molecule has 1 N–H and O–H groups in total. The Morgan fingerprint density at radius 1 is 1.44 bits per heavy atom. The SMILES string of the molecule is Cc1ccccc1COC1OCCCC1O. The summed E-state index contributed by atoms with van der Waals surface area (Å²) in [7, 11) is 0. The summed E-state index contributed by atoms with van der Waals surface area (Å²) in [6.07, 6.45) is 0.718. The van der Waals surface area contributed by atoms with Gasteiger partial charge in [-0.25, -0.2) is 0 Å². The summed E-state index contributed by atoms with van der Waals surface area (Å²) in [5.74, 6) is 0. The van der Waals surface area contributed by atoms with Gasteiger partial charge >= 0.3 is 0 Å². The van der Waals surface area contributed by atoms with Gasteiger partial charge in [-0.1, -0.05) is 24.3 Å². The summed E-state index contributed by atoms with van der Waals surface area (Å²) < 4.78 is 11.0. The van der Waals surface area contributed by atoms with Crippen LogP contribution < -0.4 is 0 Å². The van der Waals surface area contributed by atoms with Crippen molar-refractivity contribution in [1.29, 1.82) is 0 Å². The zero-order chi connectivity index (χ0) is 11.4. The van der Waals surface area contributed by atoms with Gasteiger partial charge in [-0.2, -0.15) is 0 Å². The maximum Gasteiger partial charge on any atom is 0.183 e. The summed E-state index contributed by atoms with van der Waals surface area (Å²) in [6.45, 7) is 3.22. The summed E-state index contributed by atoms with van der Waals surface area (Å²) in [4.78, 5) is 0. The van der Waals surface area contributed by atoms with Crippen LogP contribution in [0.4, 0.5) is 0 Å². The predicted molar refractivity (Wildman–Crippen MR) is 60.9 cm³/mol. The first-order chi connectivity index (χ1) is 7.77. The number of aliphatic hydroxyl groups excluding tert-OH is 1. The lowest BCUT2D eigenvalue weighted by molar-refractivity contribution is -0.219. The molecule has 0 saturated carbocycles. The average Bonchev–Trinajstić information content (AvgIpc) is 2.30. The van der Waals surface area contributed by atoms with Gasteiger partial charge in [0.25, 0.3) is 0 Å². The van der Waals surface area contributed by atoms with Gasteiger partial charge in [-0.15, -0.1) is 0 Å². The third kappa shape index (κ3) is 2.82. The molecule has 1 aromatic rings. The maximum absolute atomic E-state index is 9.67. The van der Waals surface area contributed by atoms with Crippen molar-refractivity contribution >= 4 is 0 Å². The van der Waals surface area contributed by atoms with Gasteiger partial charge in [0.05, 0.1) is 6.61 Å². The van der Waals surface area contributed by atoms with Crippen molar-refractivity contribution in [2.45, 2.75) is 38.8 Å². The number of aryl methyl sites for hydroxylation is 1. The number of benzene rings is 1. The molecule has 0 amide bonds. The second kappa shape index (κ2) is 5.43. The topological polar surface area (TPSA) is 38.7 Å². The highest BCUT2D eigenvalue weighted by molar-refractivity contribution is 5.24. The molecule has 0 bridgehead atoms. The Hall–Kier alpha value is -0.900. The molecular formula is C13H18O3. The molecule has 1 fully saturated rings. The molecule has 16 heavy (non-hydrogen) atoms. The van der Waals surface area contributed by atoms with E-state index in [-0.39, 0.29) is 0 Å². The third-order valence-corrected chi connectivity index (χ3v) is 2.90. The molecule has 2 atom stereocenters. The predicted octanol–water partition coefficient (Wildman–Crippen LogP) is 2.01. The van der Waals surface area contributed by atoms with Crippen molar-refractivity contribution in [3.63, 3.8) is 0 Å². The third-order valence-electron chi connectivity index (χ3n) is 2.90. The van der Waals surface area contributed by atoms with E-state index >= 15 is 0 Å². The highest BCUT2D eigenvalue weighted by Crippen LogP contribution is 2.17. The lowest BCUT2D eigenvalue weighted by Gasteiger charge is -2.28. The van der Waals surface area contributed by atoms with Crippen LogP contribution in [0.1, 0.15) is 24.0 Å². The minimum absolute atomic E-state index is 0.464. The Labute approximate surface area is 96.0 Å². The van der Waals surface area contributed by atoms with E-state index in [0.29, 0.717) is 13.2 Å². The molecule has 0 aliphatic carbocycles. The van der Waals surface area contributed by atoms with Crippen molar-refractivity contribution in [2.24, 2.45) is 0 Å². The van der Waals surface area contributed by atoms with Gasteiger partial charge in [-0.05, 0) is 30.9 Å². The fourth-order valence-electron chi connectivity index (χ4n) is 1.84. The van der Waals surface area contributed by atoms with E-state index in [9.17, 15) is 5.11 Å². The van der Waals surface area contributed by atoms with Crippen LogP contribution >= 0.6 is 0 Å². The first kappa shape index (κ1) is 11.6. The van der Waals surface area contributed by atoms with E-state index in [0.717, 1.165) is 18.4 Å².